The summed E-state index contributed by atoms with van der Waals surface area (Å²) in [6.45, 7) is 0. The zero-order chi connectivity index (χ0) is 32.9. The molecule has 3 heterocycles. The van der Waals surface area contributed by atoms with Gasteiger partial charge < -0.3 is 4.57 Å². The number of nitrogens with zero attached hydrogens (tertiary/aromatic N) is 6. The van der Waals surface area contributed by atoms with Crippen LogP contribution in [-0.4, -0.2) is 29.0 Å². The fraction of sp³-hybridized carbons (Fsp3) is 0. The van der Waals surface area contributed by atoms with E-state index in [0.29, 0.717) is 23.2 Å². The molecule has 0 amide bonds. The number of benzene rings is 6. The predicted molar refractivity (Wildman–Crippen MR) is 194 cm³/mol. The summed E-state index contributed by atoms with van der Waals surface area (Å²) < 4.78 is 4.26. The van der Waals surface area contributed by atoms with Crippen LogP contribution in [0, 0.1) is 10.1 Å². The maximum Gasteiger partial charge on any atom is 0.277 e. The van der Waals surface area contributed by atoms with Crippen LogP contribution in [0.1, 0.15) is 0 Å². The van der Waals surface area contributed by atoms with Crippen molar-refractivity contribution in [3.63, 3.8) is 0 Å². The van der Waals surface area contributed by atoms with Crippen LogP contribution >= 0.6 is 0 Å². The van der Waals surface area contributed by atoms with Crippen molar-refractivity contribution in [1.29, 1.82) is 0 Å². The minimum absolute atomic E-state index is 0.0908. The van der Waals surface area contributed by atoms with Crippen molar-refractivity contribution in [3.05, 3.63) is 168 Å². The van der Waals surface area contributed by atoms with Crippen LogP contribution in [0.5, 0.6) is 0 Å². The van der Waals surface area contributed by atoms with Gasteiger partial charge in [-0.3, -0.25) is 14.7 Å². The molecule has 232 valence electrons. The molecule has 0 spiro atoms. The maximum absolute atomic E-state index is 11.7. The summed E-state index contributed by atoms with van der Waals surface area (Å²) in [6.07, 6.45) is 2.04. The average molecular weight is 635 g/mol. The summed E-state index contributed by atoms with van der Waals surface area (Å²) in [5.74, 6) is 1.75. The molecule has 9 rings (SSSR count). The Labute approximate surface area is 280 Å². The zero-order valence-electron chi connectivity index (χ0n) is 26.0. The lowest BCUT2D eigenvalue weighted by molar-refractivity contribution is -0.384. The van der Waals surface area contributed by atoms with Crippen LogP contribution in [0.4, 0.5) is 5.69 Å². The molecule has 0 N–H and O–H groups in total. The number of nitro groups is 1. The van der Waals surface area contributed by atoms with Crippen molar-refractivity contribution in [2.45, 2.75) is 0 Å². The highest BCUT2D eigenvalue weighted by Crippen LogP contribution is 2.36. The number of hydrogen-bond acceptors (Lipinski definition) is 5. The van der Waals surface area contributed by atoms with Crippen molar-refractivity contribution in [2.24, 2.45) is 0 Å². The van der Waals surface area contributed by atoms with E-state index >= 15 is 0 Å². The fourth-order valence-corrected chi connectivity index (χ4v) is 6.64. The molecule has 3 aromatic heterocycles. The standard InChI is InChI=1S/C41H26N6O2/c48-47(49)38-18-10-7-15-32(38)29-19-21-35-30(25-29)23-24-45(35)31-20-22-37-34(26-31)33-16-8-9-17-36(33)46(37)41-43-39(27-11-3-1-4-12-27)42-40(44-41)28-13-5-2-6-14-28/h1-26H. The van der Waals surface area contributed by atoms with Crippen molar-refractivity contribution >= 4 is 38.4 Å². The van der Waals surface area contributed by atoms with Gasteiger partial charge in [0.1, 0.15) is 0 Å². The molecule has 9 aromatic rings. The number of rotatable bonds is 6. The Bertz CT molecular complexity index is 2640. The van der Waals surface area contributed by atoms with Crippen LogP contribution in [0.3, 0.4) is 0 Å². The molecule has 8 nitrogen and oxygen atoms in total. The molecule has 49 heavy (non-hydrogen) atoms. The molecule has 0 aliphatic rings. The van der Waals surface area contributed by atoms with Crippen LogP contribution < -0.4 is 0 Å². The molecule has 8 heteroatoms. The lowest BCUT2D eigenvalue weighted by Crippen LogP contribution is -2.06. The number of nitro benzene ring substituents is 1. The largest absolute Gasteiger partial charge is 0.317 e. The number of fused-ring (bicyclic) bond motifs is 4. The molecule has 0 aliphatic heterocycles. The lowest BCUT2D eigenvalue weighted by atomic mass is 10.0. The Morgan fingerprint density at radius 1 is 0.531 bits per heavy atom. The third kappa shape index (κ3) is 4.82. The quantitative estimate of drug-likeness (QED) is 0.134. The van der Waals surface area contributed by atoms with E-state index in [4.69, 9.17) is 15.0 Å². The fourth-order valence-electron chi connectivity index (χ4n) is 6.64. The Balaban J connectivity index is 1.21. The smallest absolute Gasteiger partial charge is 0.277 e. The van der Waals surface area contributed by atoms with Gasteiger partial charge in [-0.15, -0.1) is 0 Å². The number of para-hydroxylation sites is 2. The molecule has 0 radical (unpaired) electrons. The number of hydrogen-bond donors (Lipinski definition) is 0. The molecule has 0 fully saturated rings. The molecule has 0 saturated heterocycles. The minimum atomic E-state index is -0.335. The molecule has 0 bridgehead atoms. The Morgan fingerprint density at radius 2 is 1.16 bits per heavy atom. The summed E-state index contributed by atoms with van der Waals surface area (Å²) in [7, 11) is 0. The second-order valence-corrected chi connectivity index (χ2v) is 11.8. The SMILES string of the molecule is O=[N+]([O-])c1ccccc1-c1ccc2c(ccn2-c2ccc3c(c2)c2ccccc2n3-c2nc(-c3ccccc3)nc(-c3ccccc3)n2)c1. The highest BCUT2D eigenvalue weighted by Gasteiger charge is 2.19. The predicted octanol–water partition coefficient (Wildman–Crippen LogP) is 9.82. The van der Waals surface area contributed by atoms with Gasteiger partial charge in [0.2, 0.25) is 5.95 Å². The van der Waals surface area contributed by atoms with Gasteiger partial charge in [0, 0.05) is 45.2 Å². The van der Waals surface area contributed by atoms with E-state index in [1.54, 1.807) is 18.2 Å². The molecule has 6 aromatic carbocycles. The van der Waals surface area contributed by atoms with Gasteiger partial charge >= 0.3 is 0 Å². The molecule has 0 unspecified atom stereocenters. The van der Waals surface area contributed by atoms with Gasteiger partial charge in [-0.2, -0.15) is 9.97 Å². The second-order valence-electron chi connectivity index (χ2n) is 11.8. The van der Waals surface area contributed by atoms with Gasteiger partial charge in [0.05, 0.1) is 27.0 Å². The van der Waals surface area contributed by atoms with Crippen molar-refractivity contribution < 1.29 is 4.92 Å². The molecule has 0 saturated carbocycles. The average Bonchev–Trinajstić information content (AvgIpc) is 3.74. The maximum atomic E-state index is 11.7. The van der Waals surface area contributed by atoms with Gasteiger partial charge in [0.15, 0.2) is 11.6 Å². The van der Waals surface area contributed by atoms with Gasteiger partial charge in [0.25, 0.3) is 5.69 Å². The Morgan fingerprint density at radius 3 is 1.90 bits per heavy atom. The first-order valence-electron chi connectivity index (χ1n) is 15.9. The highest BCUT2D eigenvalue weighted by atomic mass is 16.6. The summed E-state index contributed by atoms with van der Waals surface area (Å²) in [4.78, 5) is 26.3. The van der Waals surface area contributed by atoms with E-state index in [9.17, 15) is 10.1 Å². The Hall–Kier alpha value is -6.93. The highest BCUT2D eigenvalue weighted by molar-refractivity contribution is 6.09. The van der Waals surface area contributed by atoms with E-state index in [0.717, 1.165) is 55.1 Å². The van der Waals surface area contributed by atoms with E-state index < -0.39 is 0 Å². The van der Waals surface area contributed by atoms with E-state index in [1.807, 2.05) is 109 Å². The first kappa shape index (κ1) is 28.3. The van der Waals surface area contributed by atoms with Crippen LogP contribution in [0.25, 0.3) is 78.2 Å². The van der Waals surface area contributed by atoms with Crippen LogP contribution in [0.15, 0.2) is 158 Å². The Kier molecular flexibility index (Phi) is 6.58. The van der Waals surface area contributed by atoms with Crippen molar-refractivity contribution in [1.82, 2.24) is 24.1 Å². The summed E-state index contributed by atoms with van der Waals surface area (Å²) in [5.41, 5.74) is 7.28. The normalized spacial score (nSPS) is 11.4. The minimum Gasteiger partial charge on any atom is -0.317 e. The summed E-state index contributed by atoms with van der Waals surface area (Å²) >= 11 is 0. The topological polar surface area (TPSA) is 91.7 Å². The molecular formula is C41H26N6O2. The van der Waals surface area contributed by atoms with Gasteiger partial charge in [-0.05, 0) is 54.1 Å². The molecular weight excluding hydrogens is 608 g/mol. The number of aromatic nitrogens is 5. The van der Waals surface area contributed by atoms with Gasteiger partial charge in [-0.25, -0.2) is 4.98 Å². The lowest BCUT2D eigenvalue weighted by Gasteiger charge is -2.11. The molecule has 0 atom stereocenters. The van der Waals surface area contributed by atoms with E-state index in [1.165, 1.54) is 0 Å². The monoisotopic (exact) mass is 634 g/mol. The van der Waals surface area contributed by atoms with E-state index in [-0.39, 0.29) is 10.6 Å². The van der Waals surface area contributed by atoms with Crippen LogP contribution in [0.2, 0.25) is 0 Å². The van der Waals surface area contributed by atoms with Gasteiger partial charge in [-0.1, -0.05) is 97.1 Å². The summed E-state index contributed by atoms with van der Waals surface area (Å²) in [5, 5.41) is 14.8. The van der Waals surface area contributed by atoms with E-state index in [2.05, 4.69) is 39.5 Å². The third-order valence-electron chi connectivity index (χ3n) is 8.92. The van der Waals surface area contributed by atoms with Crippen molar-refractivity contribution in [3.8, 4) is 45.5 Å². The van der Waals surface area contributed by atoms with Crippen LogP contribution in [-0.2, 0) is 0 Å². The second kappa shape index (κ2) is 11.4. The zero-order valence-corrected chi connectivity index (χ0v) is 26.0. The third-order valence-corrected chi connectivity index (χ3v) is 8.92. The van der Waals surface area contributed by atoms with Crippen molar-refractivity contribution in [2.75, 3.05) is 0 Å². The summed E-state index contributed by atoms with van der Waals surface area (Å²) in [6, 6.07) is 49.5. The first-order valence-corrected chi connectivity index (χ1v) is 15.9. The molecule has 0 aliphatic carbocycles. The first-order chi connectivity index (χ1) is 24.1.